The van der Waals surface area contributed by atoms with Gasteiger partial charge in [-0.15, -0.1) is 0 Å². The van der Waals surface area contributed by atoms with Crippen molar-refractivity contribution in [2.24, 2.45) is 0 Å². The van der Waals surface area contributed by atoms with Crippen LogP contribution in [-0.2, 0) is 4.79 Å². The molecule has 4 heteroatoms. The molecule has 1 aliphatic carbocycles. The average Bonchev–Trinajstić information content (AvgIpc) is 2.97. The van der Waals surface area contributed by atoms with Gasteiger partial charge in [-0.25, -0.2) is 0 Å². The van der Waals surface area contributed by atoms with Crippen molar-refractivity contribution in [1.82, 2.24) is 5.32 Å². The van der Waals surface area contributed by atoms with Gasteiger partial charge >= 0.3 is 0 Å². The molecule has 1 N–H and O–H groups in total. The Hall–Kier alpha value is -1.97. The highest BCUT2D eigenvalue weighted by molar-refractivity contribution is 5.92. The van der Waals surface area contributed by atoms with Gasteiger partial charge in [-0.05, 0) is 37.1 Å². The van der Waals surface area contributed by atoms with E-state index in [2.05, 4.69) is 5.32 Å². The second-order valence-corrected chi connectivity index (χ2v) is 4.93. The van der Waals surface area contributed by atoms with E-state index in [1.54, 1.807) is 26.4 Å². The summed E-state index contributed by atoms with van der Waals surface area (Å²) in [6.45, 7) is 0. The van der Waals surface area contributed by atoms with Crippen molar-refractivity contribution in [3.05, 3.63) is 29.8 Å². The molecule has 1 amide bonds. The molecule has 0 saturated heterocycles. The van der Waals surface area contributed by atoms with Crippen LogP contribution < -0.4 is 14.8 Å². The summed E-state index contributed by atoms with van der Waals surface area (Å²) < 4.78 is 10.5. The van der Waals surface area contributed by atoms with E-state index in [0.717, 1.165) is 29.9 Å². The van der Waals surface area contributed by atoms with Crippen molar-refractivity contribution in [3.8, 4) is 11.5 Å². The lowest BCUT2D eigenvalue weighted by molar-refractivity contribution is -0.117. The third-order valence-corrected chi connectivity index (χ3v) is 3.55. The first-order valence-corrected chi connectivity index (χ1v) is 6.93. The number of hydrogen-bond acceptors (Lipinski definition) is 3. The Kier molecular flexibility index (Phi) is 5.04. The predicted molar refractivity (Wildman–Crippen MR) is 79.0 cm³/mol. The third-order valence-electron chi connectivity index (χ3n) is 3.55. The first-order chi connectivity index (χ1) is 9.72. The molecule has 1 aromatic rings. The Labute approximate surface area is 119 Å². The maximum Gasteiger partial charge on any atom is 0.244 e. The molecule has 0 aromatic heterocycles. The number of benzene rings is 1. The molecule has 1 aliphatic rings. The number of carbonyl (C=O) groups excluding carboxylic acids is 1. The smallest absolute Gasteiger partial charge is 0.244 e. The summed E-state index contributed by atoms with van der Waals surface area (Å²) in [5.74, 6) is 1.40. The molecule has 0 unspecified atom stereocenters. The number of methoxy groups -OCH3 is 2. The number of rotatable bonds is 5. The van der Waals surface area contributed by atoms with Gasteiger partial charge in [0, 0.05) is 17.7 Å². The van der Waals surface area contributed by atoms with E-state index >= 15 is 0 Å². The highest BCUT2D eigenvalue weighted by Crippen LogP contribution is 2.25. The number of carbonyl (C=O) groups is 1. The standard InChI is InChI=1S/C16H21NO3/c1-19-14-8-9-15(20-2)12(11-14)7-10-16(18)17-13-5-3-4-6-13/h7-11,13H,3-6H2,1-2H3,(H,17,18). The number of nitrogens with one attached hydrogen (secondary N) is 1. The lowest BCUT2D eigenvalue weighted by atomic mass is 10.1. The zero-order valence-electron chi connectivity index (χ0n) is 12.0. The van der Waals surface area contributed by atoms with Gasteiger partial charge in [-0.3, -0.25) is 4.79 Å². The summed E-state index contributed by atoms with van der Waals surface area (Å²) in [7, 11) is 3.22. The van der Waals surface area contributed by atoms with E-state index in [4.69, 9.17) is 9.47 Å². The molecule has 0 aliphatic heterocycles. The fourth-order valence-electron chi connectivity index (χ4n) is 2.45. The van der Waals surface area contributed by atoms with E-state index in [1.807, 2.05) is 18.2 Å². The van der Waals surface area contributed by atoms with Crippen LogP contribution in [0.25, 0.3) is 6.08 Å². The van der Waals surface area contributed by atoms with E-state index < -0.39 is 0 Å². The zero-order chi connectivity index (χ0) is 14.4. The van der Waals surface area contributed by atoms with Gasteiger partial charge in [0.1, 0.15) is 11.5 Å². The van der Waals surface area contributed by atoms with E-state index in [1.165, 1.54) is 12.8 Å². The van der Waals surface area contributed by atoms with Crippen molar-refractivity contribution in [3.63, 3.8) is 0 Å². The van der Waals surface area contributed by atoms with Gasteiger partial charge in [0.05, 0.1) is 14.2 Å². The van der Waals surface area contributed by atoms with Crippen LogP contribution in [-0.4, -0.2) is 26.2 Å². The van der Waals surface area contributed by atoms with Crippen LogP contribution in [0.15, 0.2) is 24.3 Å². The molecule has 2 rings (SSSR count). The molecule has 1 saturated carbocycles. The SMILES string of the molecule is COc1ccc(OC)c(C=CC(=O)NC2CCCC2)c1. The quantitative estimate of drug-likeness (QED) is 0.841. The number of hydrogen-bond donors (Lipinski definition) is 1. The van der Waals surface area contributed by atoms with Gasteiger partial charge in [-0.2, -0.15) is 0 Å². The molecule has 108 valence electrons. The largest absolute Gasteiger partial charge is 0.497 e. The van der Waals surface area contributed by atoms with Crippen molar-refractivity contribution < 1.29 is 14.3 Å². The van der Waals surface area contributed by atoms with Gasteiger partial charge < -0.3 is 14.8 Å². The number of ether oxygens (including phenoxy) is 2. The van der Waals surface area contributed by atoms with E-state index in [-0.39, 0.29) is 5.91 Å². The van der Waals surface area contributed by atoms with Crippen LogP contribution in [0.1, 0.15) is 31.2 Å². The van der Waals surface area contributed by atoms with Crippen LogP contribution in [0.4, 0.5) is 0 Å². The highest BCUT2D eigenvalue weighted by atomic mass is 16.5. The molecule has 0 bridgehead atoms. The molecule has 20 heavy (non-hydrogen) atoms. The summed E-state index contributed by atoms with van der Waals surface area (Å²) in [5.41, 5.74) is 0.827. The third kappa shape index (κ3) is 3.76. The highest BCUT2D eigenvalue weighted by Gasteiger charge is 2.15. The maximum atomic E-state index is 11.9. The second-order valence-electron chi connectivity index (χ2n) is 4.93. The fraction of sp³-hybridized carbons (Fsp3) is 0.438. The van der Waals surface area contributed by atoms with Crippen LogP contribution in [0, 0.1) is 0 Å². The van der Waals surface area contributed by atoms with Crippen molar-refractivity contribution in [2.75, 3.05) is 14.2 Å². The summed E-state index contributed by atoms with van der Waals surface area (Å²) in [6, 6.07) is 5.83. The van der Waals surface area contributed by atoms with Crippen LogP contribution >= 0.6 is 0 Å². The summed E-state index contributed by atoms with van der Waals surface area (Å²) in [5, 5.41) is 3.02. The summed E-state index contributed by atoms with van der Waals surface area (Å²) in [6.07, 6.45) is 7.89. The molecule has 0 radical (unpaired) electrons. The van der Waals surface area contributed by atoms with Gasteiger partial charge in [0.2, 0.25) is 5.91 Å². The summed E-state index contributed by atoms with van der Waals surface area (Å²) in [4.78, 5) is 11.9. The molecule has 4 nitrogen and oxygen atoms in total. The van der Waals surface area contributed by atoms with Gasteiger partial charge in [-0.1, -0.05) is 12.8 Å². The minimum atomic E-state index is -0.0539. The first kappa shape index (κ1) is 14.4. The molecular formula is C16H21NO3. The average molecular weight is 275 g/mol. The van der Waals surface area contributed by atoms with Crippen LogP contribution in [0.3, 0.4) is 0 Å². The lowest BCUT2D eigenvalue weighted by Gasteiger charge is -2.10. The minimum Gasteiger partial charge on any atom is -0.497 e. The maximum absolute atomic E-state index is 11.9. The Bertz CT molecular complexity index is 490. The molecular weight excluding hydrogens is 254 g/mol. The molecule has 0 atom stereocenters. The normalized spacial score (nSPS) is 15.5. The van der Waals surface area contributed by atoms with Crippen molar-refractivity contribution in [1.29, 1.82) is 0 Å². The Morgan fingerprint density at radius 3 is 2.65 bits per heavy atom. The van der Waals surface area contributed by atoms with E-state index in [9.17, 15) is 4.79 Å². The molecule has 1 aromatic carbocycles. The first-order valence-electron chi connectivity index (χ1n) is 6.93. The lowest BCUT2D eigenvalue weighted by Crippen LogP contribution is -2.30. The van der Waals surface area contributed by atoms with Gasteiger partial charge in [0.15, 0.2) is 0 Å². The van der Waals surface area contributed by atoms with E-state index in [0.29, 0.717) is 6.04 Å². The minimum absolute atomic E-state index is 0.0539. The topological polar surface area (TPSA) is 47.6 Å². The molecule has 0 heterocycles. The molecule has 1 fully saturated rings. The van der Waals surface area contributed by atoms with Crippen molar-refractivity contribution >= 4 is 12.0 Å². The van der Waals surface area contributed by atoms with Crippen molar-refractivity contribution in [2.45, 2.75) is 31.7 Å². The van der Waals surface area contributed by atoms with Crippen LogP contribution in [0.2, 0.25) is 0 Å². The van der Waals surface area contributed by atoms with Gasteiger partial charge in [0.25, 0.3) is 0 Å². The summed E-state index contributed by atoms with van der Waals surface area (Å²) >= 11 is 0. The Balaban J connectivity index is 2.03. The number of amides is 1. The Morgan fingerprint density at radius 1 is 1.25 bits per heavy atom. The second kappa shape index (κ2) is 6.98. The monoisotopic (exact) mass is 275 g/mol. The fourth-order valence-corrected chi connectivity index (χ4v) is 2.45. The van der Waals surface area contributed by atoms with Crippen LogP contribution in [0.5, 0.6) is 11.5 Å². The predicted octanol–water partition coefficient (Wildman–Crippen LogP) is 2.78. The zero-order valence-corrected chi connectivity index (χ0v) is 12.0. The molecule has 0 spiro atoms. The Morgan fingerprint density at radius 2 is 2.00 bits per heavy atom.